The van der Waals surface area contributed by atoms with E-state index in [9.17, 15) is 0 Å². The van der Waals surface area contributed by atoms with E-state index in [1.807, 2.05) is 6.20 Å². The molecule has 116 valence electrons. The summed E-state index contributed by atoms with van der Waals surface area (Å²) < 4.78 is 1.07. The molecule has 0 amide bonds. The Hall–Kier alpha value is -0.650. The molecule has 0 radical (unpaired) electrons. The highest BCUT2D eigenvalue weighted by molar-refractivity contribution is 9.10. The van der Waals surface area contributed by atoms with Crippen molar-refractivity contribution in [1.29, 1.82) is 0 Å². The van der Waals surface area contributed by atoms with Crippen molar-refractivity contribution >= 4 is 21.7 Å². The average Bonchev–Trinajstić information content (AvgIpc) is 3.26. The highest BCUT2D eigenvalue weighted by atomic mass is 79.9. The Kier molecular flexibility index (Phi) is 4.82. The van der Waals surface area contributed by atoms with Crippen LogP contribution in [0.4, 0.5) is 5.82 Å². The molecule has 4 nitrogen and oxygen atoms in total. The molecule has 2 aliphatic rings. The van der Waals surface area contributed by atoms with E-state index in [1.165, 1.54) is 31.4 Å². The fraction of sp³-hybridized carbons (Fsp3) is 0.688. The van der Waals surface area contributed by atoms with E-state index in [0.29, 0.717) is 6.04 Å². The van der Waals surface area contributed by atoms with Crippen molar-refractivity contribution in [3.8, 4) is 0 Å². The smallest absolute Gasteiger partial charge is 0.133 e. The number of aromatic nitrogens is 1. The molecule has 2 fully saturated rings. The van der Waals surface area contributed by atoms with Crippen LogP contribution in [0.25, 0.3) is 0 Å². The summed E-state index contributed by atoms with van der Waals surface area (Å²) in [6.45, 7) is 6.60. The monoisotopic (exact) mass is 352 g/mol. The first-order valence-corrected chi connectivity index (χ1v) is 8.76. The third-order valence-corrected chi connectivity index (χ3v) is 4.82. The van der Waals surface area contributed by atoms with Crippen LogP contribution in [-0.2, 0) is 6.54 Å². The van der Waals surface area contributed by atoms with Gasteiger partial charge in [0.05, 0.1) is 0 Å². The van der Waals surface area contributed by atoms with Gasteiger partial charge in [-0.25, -0.2) is 4.98 Å². The van der Waals surface area contributed by atoms with E-state index >= 15 is 0 Å². The van der Waals surface area contributed by atoms with Crippen LogP contribution in [0.1, 0.15) is 31.7 Å². The van der Waals surface area contributed by atoms with Gasteiger partial charge in [-0.15, -0.1) is 0 Å². The molecule has 3 rings (SSSR count). The number of likely N-dealkylation sites (N-methyl/N-ethyl adjacent to an activating group) is 1. The zero-order valence-corrected chi connectivity index (χ0v) is 14.6. The first-order chi connectivity index (χ1) is 10.1. The Labute approximate surface area is 136 Å². The SMILES string of the molecule is CC1CN(C)CCCN1c1ncc(Br)cc1CNC1CC1. The molecule has 0 spiro atoms. The molecule has 1 aliphatic heterocycles. The van der Waals surface area contributed by atoms with Gasteiger partial charge in [0.15, 0.2) is 0 Å². The van der Waals surface area contributed by atoms with Gasteiger partial charge in [0.2, 0.25) is 0 Å². The van der Waals surface area contributed by atoms with Gasteiger partial charge in [-0.3, -0.25) is 0 Å². The van der Waals surface area contributed by atoms with Crippen LogP contribution in [0.2, 0.25) is 0 Å². The zero-order valence-electron chi connectivity index (χ0n) is 13.0. The molecule has 5 heteroatoms. The Bertz CT molecular complexity index is 489. The number of hydrogen-bond acceptors (Lipinski definition) is 4. The molecule has 1 aromatic rings. The Morgan fingerprint density at radius 1 is 1.38 bits per heavy atom. The van der Waals surface area contributed by atoms with E-state index in [4.69, 9.17) is 4.98 Å². The molecule has 1 unspecified atom stereocenters. The second kappa shape index (κ2) is 6.63. The number of anilines is 1. The quantitative estimate of drug-likeness (QED) is 0.902. The van der Waals surface area contributed by atoms with Crippen molar-refractivity contribution < 1.29 is 0 Å². The molecule has 1 saturated heterocycles. The predicted octanol–water partition coefficient (Wildman–Crippen LogP) is 2.63. The van der Waals surface area contributed by atoms with Crippen molar-refractivity contribution in [2.75, 3.05) is 31.6 Å². The fourth-order valence-electron chi connectivity index (χ4n) is 3.09. The second-order valence-electron chi connectivity index (χ2n) is 6.45. The first-order valence-electron chi connectivity index (χ1n) is 7.96. The summed E-state index contributed by atoms with van der Waals surface area (Å²) in [5, 5.41) is 3.62. The Morgan fingerprint density at radius 3 is 2.95 bits per heavy atom. The second-order valence-corrected chi connectivity index (χ2v) is 7.37. The molecule has 0 aromatic carbocycles. The van der Waals surface area contributed by atoms with Crippen molar-refractivity contribution in [1.82, 2.24) is 15.2 Å². The summed E-state index contributed by atoms with van der Waals surface area (Å²) >= 11 is 3.57. The van der Waals surface area contributed by atoms with E-state index in [2.05, 4.69) is 51.1 Å². The number of nitrogens with zero attached hydrogens (tertiary/aromatic N) is 3. The van der Waals surface area contributed by atoms with Crippen molar-refractivity contribution in [2.45, 2.75) is 44.8 Å². The minimum absolute atomic E-state index is 0.505. The van der Waals surface area contributed by atoms with Gasteiger partial charge in [0.25, 0.3) is 0 Å². The lowest BCUT2D eigenvalue weighted by Crippen LogP contribution is -2.39. The van der Waals surface area contributed by atoms with E-state index in [0.717, 1.165) is 36.0 Å². The van der Waals surface area contributed by atoms with E-state index in [1.54, 1.807) is 0 Å². The molecule has 1 saturated carbocycles. The van der Waals surface area contributed by atoms with Crippen LogP contribution >= 0.6 is 15.9 Å². The van der Waals surface area contributed by atoms with Gasteiger partial charge in [0.1, 0.15) is 5.82 Å². The largest absolute Gasteiger partial charge is 0.352 e. The minimum Gasteiger partial charge on any atom is -0.352 e. The number of nitrogens with one attached hydrogen (secondary N) is 1. The number of rotatable bonds is 4. The standard InChI is InChI=1S/C16H25BrN4/c1-12-11-20(2)6-3-7-21(12)16-13(8-14(17)10-19-16)9-18-15-4-5-15/h8,10,12,15,18H,3-7,9,11H2,1-2H3. The molecule has 1 aromatic heterocycles. The van der Waals surface area contributed by atoms with Crippen LogP contribution < -0.4 is 10.2 Å². The van der Waals surface area contributed by atoms with Gasteiger partial charge in [-0.1, -0.05) is 0 Å². The molecule has 1 N–H and O–H groups in total. The van der Waals surface area contributed by atoms with Crippen LogP contribution in [0.5, 0.6) is 0 Å². The first kappa shape index (κ1) is 15.3. The highest BCUT2D eigenvalue weighted by Gasteiger charge is 2.25. The third-order valence-electron chi connectivity index (χ3n) is 4.39. The molecular formula is C16H25BrN4. The van der Waals surface area contributed by atoms with Crippen LogP contribution in [0.15, 0.2) is 16.7 Å². The maximum Gasteiger partial charge on any atom is 0.133 e. The Morgan fingerprint density at radius 2 is 2.19 bits per heavy atom. The summed E-state index contributed by atoms with van der Waals surface area (Å²) in [5.74, 6) is 1.16. The highest BCUT2D eigenvalue weighted by Crippen LogP contribution is 2.26. The lowest BCUT2D eigenvalue weighted by atomic mass is 10.2. The summed E-state index contributed by atoms with van der Waals surface area (Å²) in [6, 6.07) is 3.45. The molecule has 1 aliphatic carbocycles. The zero-order chi connectivity index (χ0) is 14.8. The van der Waals surface area contributed by atoms with Gasteiger partial charge >= 0.3 is 0 Å². The molecular weight excluding hydrogens is 328 g/mol. The average molecular weight is 353 g/mol. The number of hydrogen-bond donors (Lipinski definition) is 1. The molecule has 0 bridgehead atoms. The lowest BCUT2D eigenvalue weighted by molar-refractivity contribution is 0.337. The summed E-state index contributed by atoms with van der Waals surface area (Å²) in [4.78, 5) is 9.65. The summed E-state index contributed by atoms with van der Waals surface area (Å²) in [5.41, 5.74) is 1.31. The van der Waals surface area contributed by atoms with Crippen LogP contribution in [0.3, 0.4) is 0 Å². The molecule has 1 atom stereocenters. The maximum absolute atomic E-state index is 4.74. The topological polar surface area (TPSA) is 31.4 Å². The van der Waals surface area contributed by atoms with Crippen LogP contribution in [-0.4, -0.2) is 48.6 Å². The normalized spacial score (nSPS) is 24.1. The van der Waals surface area contributed by atoms with Crippen LogP contribution in [0, 0.1) is 0 Å². The molecule has 21 heavy (non-hydrogen) atoms. The van der Waals surface area contributed by atoms with Crippen molar-refractivity contribution in [3.63, 3.8) is 0 Å². The number of halogens is 1. The van der Waals surface area contributed by atoms with Crippen molar-refractivity contribution in [3.05, 3.63) is 22.3 Å². The predicted molar refractivity (Wildman–Crippen MR) is 90.7 cm³/mol. The van der Waals surface area contributed by atoms with E-state index < -0.39 is 0 Å². The summed E-state index contributed by atoms with van der Waals surface area (Å²) in [7, 11) is 2.21. The van der Waals surface area contributed by atoms with Gasteiger partial charge in [-0.05, 0) is 61.8 Å². The van der Waals surface area contributed by atoms with Gasteiger partial charge < -0.3 is 15.1 Å². The number of pyridine rings is 1. The summed E-state index contributed by atoms with van der Waals surface area (Å²) in [6.07, 6.45) is 5.77. The lowest BCUT2D eigenvalue weighted by Gasteiger charge is -2.31. The van der Waals surface area contributed by atoms with E-state index in [-0.39, 0.29) is 0 Å². The Balaban J connectivity index is 1.81. The minimum atomic E-state index is 0.505. The van der Waals surface area contributed by atoms with Gasteiger partial charge in [-0.2, -0.15) is 0 Å². The third kappa shape index (κ3) is 3.96. The van der Waals surface area contributed by atoms with Gasteiger partial charge in [0, 0.05) is 48.0 Å². The molecule has 2 heterocycles. The maximum atomic E-state index is 4.74. The van der Waals surface area contributed by atoms with Crippen molar-refractivity contribution in [2.24, 2.45) is 0 Å². The fourth-order valence-corrected chi connectivity index (χ4v) is 3.47.